The number of rotatable bonds is 3. The Balaban J connectivity index is 2.29. The second kappa shape index (κ2) is 4.28. The van der Waals surface area contributed by atoms with E-state index in [4.69, 9.17) is 10.5 Å². The van der Waals surface area contributed by atoms with Gasteiger partial charge in [0.05, 0.1) is 18.5 Å². The van der Waals surface area contributed by atoms with E-state index in [1.165, 1.54) is 7.11 Å². The molecule has 0 aromatic carbocycles. The molecule has 2 aromatic rings. The minimum absolute atomic E-state index is 0.161. The smallest absolute Gasteiger partial charge is 0.225 e. The lowest BCUT2D eigenvalue weighted by molar-refractivity contribution is 0.398. The molecule has 2 heterocycles. The zero-order chi connectivity index (χ0) is 12.4. The fourth-order valence-electron chi connectivity index (χ4n) is 1.47. The van der Waals surface area contributed by atoms with Gasteiger partial charge in [0.25, 0.3) is 0 Å². The van der Waals surface area contributed by atoms with Crippen molar-refractivity contribution >= 4 is 17.5 Å². The van der Waals surface area contributed by atoms with E-state index in [1.54, 1.807) is 10.7 Å². The van der Waals surface area contributed by atoms with Crippen molar-refractivity contribution in [2.75, 3.05) is 18.2 Å². The maximum Gasteiger partial charge on any atom is 0.225 e. The van der Waals surface area contributed by atoms with E-state index in [9.17, 15) is 0 Å². The van der Waals surface area contributed by atoms with Crippen LogP contribution in [-0.4, -0.2) is 26.9 Å². The molecule has 2 aromatic heterocycles. The predicted molar refractivity (Wildman–Crippen MR) is 64.2 cm³/mol. The molecule has 7 heteroatoms. The van der Waals surface area contributed by atoms with Crippen LogP contribution < -0.4 is 15.8 Å². The molecule has 0 aliphatic heterocycles. The molecule has 0 amide bonds. The fourth-order valence-corrected chi connectivity index (χ4v) is 1.47. The number of nitrogens with two attached hydrogens (primary N) is 1. The first kappa shape index (κ1) is 11.2. The van der Waals surface area contributed by atoms with Gasteiger partial charge in [-0.1, -0.05) is 0 Å². The Hall–Kier alpha value is -2.31. The van der Waals surface area contributed by atoms with Gasteiger partial charge in [-0.25, -0.2) is 0 Å². The maximum atomic E-state index is 5.57. The zero-order valence-corrected chi connectivity index (χ0v) is 9.93. The van der Waals surface area contributed by atoms with Gasteiger partial charge < -0.3 is 15.8 Å². The van der Waals surface area contributed by atoms with E-state index in [2.05, 4.69) is 20.4 Å². The number of anilines is 3. The lowest BCUT2D eigenvalue weighted by atomic mass is 10.4. The van der Waals surface area contributed by atoms with Gasteiger partial charge in [-0.15, -0.1) is 0 Å². The Kier molecular flexibility index (Phi) is 2.82. The Morgan fingerprint density at radius 1 is 1.41 bits per heavy atom. The van der Waals surface area contributed by atoms with Gasteiger partial charge in [0.2, 0.25) is 11.8 Å². The summed E-state index contributed by atoms with van der Waals surface area (Å²) >= 11 is 0. The van der Waals surface area contributed by atoms with Gasteiger partial charge in [-0.3, -0.25) is 4.68 Å². The van der Waals surface area contributed by atoms with Gasteiger partial charge in [0.15, 0.2) is 0 Å². The average Bonchev–Trinajstić information content (AvgIpc) is 2.56. The van der Waals surface area contributed by atoms with Crippen molar-refractivity contribution in [1.82, 2.24) is 19.7 Å². The quantitative estimate of drug-likeness (QED) is 0.818. The number of nitrogens with zero attached hydrogens (tertiary/aromatic N) is 4. The van der Waals surface area contributed by atoms with Gasteiger partial charge >= 0.3 is 0 Å². The van der Waals surface area contributed by atoms with Crippen LogP contribution >= 0.6 is 0 Å². The van der Waals surface area contributed by atoms with Gasteiger partial charge in [-0.2, -0.15) is 15.1 Å². The molecule has 0 aliphatic carbocycles. The number of hydrogen-bond donors (Lipinski definition) is 2. The molecule has 0 unspecified atom stereocenters. The summed E-state index contributed by atoms with van der Waals surface area (Å²) in [5, 5.41) is 7.33. The number of aromatic nitrogens is 4. The van der Waals surface area contributed by atoms with Gasteiger partial charge in [0, 0.05) is 19.3 Å². The summed E-state index contributed by atoms with van der Waals surface area (Å²) in [7, 11) is 3.38. The molecule has 90 valence electrons. The average molecular weight is 234 g/mol. The fraction of sp³-hybridized carbons (Fsp3) is 0.300. The van der Waals surface area contributed by atoms with Crippen LogP contribution in [0.1, 0.15) is 5.69 Å². The third-order valence-electron chi connectivity index (χ3n) is 2.21. The lowest BCUT2D eigenvalue weighted by Crippen LogP contribution is -2.01. The molecule has 0 fully saturated rings. The first-order valence-electron chi connectivity index (χ1n) is 5.04. The Bertz CT molecular complexity index is 536. The minimum Gasteiger partial charge on any atom is -0.481 e. The number of hydrogen-bond acceptors (Lipinski definition) is 6. The second-order valence-corrected chi connectivity index (χ2v) is 3.58. The SMILES string of the molecule is COc1cc(Nc2cn(C)nc2C)nc(N)n1. The molecule has 17 heavy (non-hydrogen) atoms. The topological polar surface area (TPSA) is 90.9 Å². The van der Waals surface area contributed by atoms with Crippen LogP contribution in [0.15, 0.2) is 12.3 Å². The summed E-state index contributed by atoms with van der Waals surface area (Å²) in [6, 6.07) is 1.67. The maximum absolute atomic E-state index is 5.57. The number of methoxy groups -OCH3 is 1. The van der Waals surface area contributed by atoms with Crippen molar-refractivity contribution in [3.63, 3.8) is 0 Å². The van der Waals surface area contributed by atoms with E-state index in [0.717, 1.165) is 11.4 Å². The third-order valence-corrected chi connectivity index (χ3v) is 2.21. The van der Waals surface area contributed by atoms with Gasteiger partial charge in [0.1, 0.15) is 5.82 Å². The summed E-state index contributed by atoms with van der Waals surface area (Å²) in [6.07, 6.45) is 1.86. The van der Waals surface area contributed by atoms with Crippen LogP contribution in [0, 0.1) is 6.92 Å². The van der Waals surface area contributed by atoms with E-state index < -0.39 is 0 Å². The van der Waals surface area contributed by atoms with Crippen molar-refractivity contribution in [3.8, 4) is 5.88 Å². The van der Waals surface area contributed by atoms with E-state index in [-0.39, 0.29) is 5.95 Å². The standard InChI is InChI=1S/C10H14N6O/c1-6-7(5-16(2)15-6)12-8-4-9(17-3)14-10(11)13-8/h4-5H,1-3H3,(H3,11,12,13,14). The molecule has 2 rings (SSSR count). The number of nitrogens with one attached hydrogen (secondary N) is 1. The predicted octanol–water partition coefficient (Wildman–Crippen LogP) is 0.853. The number of aryl methyl sites for hydroxylation is 2. The summed E-state index contributed by atoms with van der Waals surface area (Å²) in [5.74, 6) is 1.15. The van der Waals surface area contributed by atoms with Crippen molar-refractivity contribution in [3.05, 3.63) is 18.0 Å². The van der Waals surface area contributed by atoms with Crippen molar-refractivity contribution in [2.45, 2.75) is 6.92 Å². The molecule has 0 atom stereocenters. The van der Waals surface area contributed by atoms with Crippen LogP contribution in [0.25, 0.3) is 0 Å². The summed E-state index contributed by atoms with van der Waals surface area (Å²) in [4.78, 5) is 7.97. The molecule has 7 nitrogen and oxygen atoms in total. The molecular weight excluding hydrogens is 220 g/mol. The highest BCUT2D eigenvalue weighted by molar-refractivity contribution is 5.59. The van der Waals surface area contributed by atoms with Crippen LogP contribution in [0.3, 0.4) is 0 Å². The lowest BCUT2D eigenvalue weighted by Gasteiger charge is -2.06. The van der Waals surface area contributed by atoms with E-state index >= 15 is 0 Å². The van der Waals surface area contributed by atoms with Crippen molar-refractivity contribution < 1.29 is 4.74 Å². The summed E-state index contributed by atoms with van der Waals surface area (Å²) in [6.45, 7) is 1.91. The highest BCUT2D eigenvalue weighted by Crippen LogP contribution is 2.20. The third kappa shape index (κ3) is 2.44. The molecule has 0 spiro atoms. The van der Waals surface area contributed by atoms with Crippen molar-refractivity contribution in [2.24, 2.45) is 7.05 Å². The van der Waals surface area contributed by atoms with Crippen LogP contribution in [0.2, 0.25) is 0 Å². The van der Waals surface area contributed by atoms with Gasteiger partial charge in [-0.05, 0) is 6.92 Å². The van der Waals surface area contributed by atoms with E-state index in [1.807, 2.05) is 20.2 Å². The van der Waals surface area contributed by atoms with Crippen molar-refractivity contribution in [1.29, 1.82) is 0 Å². The summed E-state index contributed by atoms with van der Waals surface area (Å²) in [5.41, 5.74) is 7.32. The monoisotopic (exact) mass is 234 g/mol. The molecule has 0 saturated heterocycles. The normalized spacial score (nSPS) is 10.3. The van der Waals surface area contributed by atoms with Crippen LogP contribution in [0.4, 0.5) is 17.5 Å². The van der Waals surface area contributed by atoms with Crippen LogP contribution in [0.5, 0.6) is 5.88 Å². The molecular formula is C10H14N6O. The molecule has 0 bridgehead atoms. The first-order valence-corrected chi connectivity index (χ1v) is 5.04. The molecule has 3 N–H and O–H groups in total. The molecule has 0 saturated carbocycles. The van der Waals surface area contributed by atoms with Crippen LogP contribution in [-0.2, 0) is 7.05 Å². The molecule has 0 aliphatic rings. The Labute approximate surface area is 98.6 Å². The highest BCUT2D eigenvalue weighted by atomic mass is 16.5. The minimum atomic E-state index is 0.161. The highest BCUT2D eigenvalue weighted by Gasteiger charge is 2.06. The number of nitrogen functional groups attached to an aromatic ring is 1. The summed E-state index contributed by atoms with van der Waals surface area (Å²) < 4.78 is 6.74. The Morgan fingerprint density at radius 3 is 2.76 bits per heavy atom. The number of ether oxygens (including phenoxy) is 1. The molecule has 0 radical (unpaired) electrons. The largest absolute Gasteiger partial charge is 0.481 e. The first-order chi connectivity index (χ1) is 8.08. The van der Waals surface area contributed by atoms with E-state index in [0.29, 0.717) is 11.7 Å². The Morgan fingerprint density at radius 2 is 2.18 bits per heavy atom. The second-order valence-electron chi connectivity index (χ2n) is 3.58. The zero-order valence-electron chi connectivity index (χ0n) is 9.93.